The standard InChI is InChI=1S/C8H9N7O2/c16-8-7-5(17-2-1-9-8)3-10-15(7)4-6-11-13-14-12-6/h3H,1-2,4H2,(H,9,16)(H,11,12,13,14). The van der Waals surface area contributed by atoms with Crippen LogP contribution in [0.1, 0.15) is 16.3 Å². The number of fused-ring (bicyclic) bond motifs is 1. The molecule has 17 heavy (non-hydrogen) atoms. The fourth-order valence-electron chi connectivity index (χ4n) is 1.62. The minimum Gasteiger partial charge on any atom is -0.488 e. The van der Waals surface area contributed by atoms with E-state index >= 15 is 0 Å². The number of hydrogen-bond acceptors (Lipinski definition) is 6. The molecule has 9 nitrogen and oxygen atoms in total. The molecule has 1 aliphatic heterocycles. The fraction of sp³-hybridized carbons (Fsp3) is 0.375. The summed E-state index contributed by atoms with van der Waals surface area (Å²) in [4.78, 5) is 11.8. The van der Waals surface area contributed by atoms with Crippen LogP contribution < -0.4 is 10.1 Å². The van der Waals surface area contributed by atoms with Crippen molar-refractivity contribution in [1.82, 2.24) is 35.7 Å². The molecule has 3 heterocycles. The third kappa shape index (κ3) is 1.71. The third-order valence-corrected chi connectivity index (χ3v) is 2.35. The van der Waals surface area contributed by atoms with Crippen LogP contribution in [0.2, 0.25) is 0 Å². The van der Waals surface area contributed by atoms with Gasteiger partial charge >= 0.3 is 0 Å². The molecule has 88 valence electrons. The number of H-pyrrole nitrogens is 1. The lowest BCUT2D eigenvalue weighted by Crippen LogP contribution is -2.27. The third-order valence-electron chi connectivity index (χ3n) is 2.35. The summed E-state index contributed by atoms with van der Waals surface area (Å²) >= 11 is 0. The lowest BCUT2D eigenvalue weighted by molar-refractivity contribution is 0.0947. The zero-order valence-corrected chi connectivity index (χ0v) is 8.75. The molecular weight excluding hydrogens is 226 g/mol. The van der Waals surface area contributed by atoms with Crippen LogP contribution in [0.25, 0.3) is 0 Å². The Morgan fingerprint density at radius 1 is 1.53 bits per heavy atom. The zero-order valence-electron chi connectivity index (χ0n) is 8.75. The number of carbonyl (C=O) groups excluding carboxylic acids is 1. The first-order valence-corrected chi connectivity index (χ1v) is 5.04. The summed E-state index contributed by atoms with van der Waals surface area (Å²) in [5.74, 6) is 0.794. The number of carbonyl (C=O) groups is 1. The van der Waals surface area contributed by atoms with Gasteiger partial charge in [-0.1, -0.05) is 0 Å². The van der Waals surface area contributed by atoms with Gasteiger partial charge in [0.2, 0.25) is 0 Å². The Kier molecular flexibility index (Phi) is 2.21. The van der Waals surface area contributed by atoms with Crippen molar-refractivity contribution in [3.8, 4) is 5.75 Å². The second-order valence-corrected chi connectivity index (χ2v) is 3.47. The van der Waals surface area contributed by atoms with Crippen molar-refractivity contribution in [2.75, 3.05) is 13.2 Å². The van der Waals surface area contributed by atoms with Crippen LogP contribution >= 0.6 is 0 Å². The number of nitrogens with zero attached hydrogens (tertiary/aromatic N) is 5. The number of aromatic nitrogens is 6. The number of hydrogen-bond donors (Lipinski definition) is 2. The highest BCUT2D eigenvalue weighted by molar-refractivity contribution is 5.95. The van der Waals surface area contributed by atoms with E-state index in [0.717, 1.165) is 0 Å². The number of nitrogens with one attached hydrogen (secondary N) is 2. The minimum absolute atomic E-state index is 0.206. The van der Waals surface area contributed by atoms with E-state index in [1.165, 1.54) is 10.9 Å². The van der Waals surface area contributed by atoms with E-state index in [9.17, 15) is 4.79 Å². The Morgan fingerprint density at radius 3 is 3.29 bits per heavy atom. The van der Waals surface area contributed by atoms with Crippen LogP contribution in [-0.4, -0.2) is 49.5 Å². The smallest absolute Gasteiger partial charge is 0.273 e. The van der Waals surface area contributed by atoms with Crippen molar-refractivity contribution in [2.24, 2.45) is 0 Å². The first-order valence-electron chi connectivity index (χ1n) is 5.04. The molecule has 0 aromatic carbocycles. The molecule has 2 aromatic heterocycles. The summed E-state index contributed by atoms with van der Waals surface area (Å²) < 4.78 is 6.89. The molecule has 0 bridgehead atoms. The molecular formula is C8H9N7O2. The van der Waals surface area contributed by atoms with E-state index in [0.29, 0.717) is 37.0 Å². The molecule has 0 aliphatic carbocycles. The van der Waals surface area contributed by atoms with Crippen LogP contribution in [0.3, 0.4) is 0 Å². The fourth-order valence-corrected chi connectivity index (χ4v) is 1.62. The Bertz CT molecular complexity index is 532. The predicted octanol–water partition coefficient (Wildman–Crippen LogP) is -1.43. The average molecular weight is 235 g/mol. The van der Waals surface area contributed by atoms with Crippen LogP contribution in [0, 0.1) is 0 Å². The normalized spacial score (nSPS) is 14.7. The molecule has 0 atom stereocenters. The van der Waals surface area contributed by atoms with Gasteiger partial charge in [-0.15, -0.1) is 5.10 Å². The quantitative estimate of drug-likeness (QED) is 0.660. The Balaban J connectivity index is 1.95. The van der Waals surface area contributed by atoms with E-state index in [1.807, 2.05) is 0 Å². The van der Waals surface area contributed by atoms with Crippen molar-refractivity contribution in [1.29, 1.82) is 0 Å². The topological polar surface area (TPSA) is 111 Å². The van der Waals surface area contributed by atoms with Crippen LogP contribution in [-0.2, 0) is 6.54 Å². The van der Waals surface area contributed by atoms with Gasteiger partial charge in [0.25, 0.3) is 5.91 Å². The van der Waals surface area contributed by atoms with Crippen LogP contribution in [0.15, 0.2) is 6.20 Å². The van der Waals surface area contributed by atoms with Gasteiger partial charge in [-0.2, -0.15) is 5.10 Å². The first kappa shape index (κ1) is 9.75. The summed E-state index contributed by atoms with van der Waals surface area (Å²) in [5, 5.41) is 20.1. The second-order valence-electron chi connectivity index (χ2n) is 3.47. The highest BCUT2D eigenvalue weighted by atomic mass is 16.5. The number of ether oxygens (including phenoxy) is 1. The molecule has 3 rings (SSSR count). The monoisotopic (exact) mass is 235 g/mol. The highest BCUT2D eigenvalue weighted by Crippen LogP contribution is 2.19. The predicted molar refractivity (Wildman–Crippen MR) is 53.3 cm³/mol. The maximum atomic E-state index is 11.8. The molecule has 9 heteroatoms. The number of rotatable bonds is 2. The Labute approximate surface area is 95.1 Å². The molecule has 1 aliphatic rings. The molecule has 0 unspecified atom stereocenters. The second kappa shape index (κ2) is 3.85. The lowest BCUT2D eigenvalue weighted by atomic mass is 10.3. The number of tetrazole rings is 1. The van der Waals surface area contributed by atoms with Gasteiger partial charge in [0.1, 0.15) is 13.2 Å². The summed E-state index contributed by atoms with van der Waals surface area (Å²) in [6.45, 7) is 1.21. The van der Waals surface area contributed by atoms with E-state index in [-0.39, 0.29) is 5.91 Å². The van der Waals surface area contributed by atoms with Gasteiger partial charge in [0, 0.05) is 0 Å². The molecule has 0 fully saturated rings. The van der Waals surface area contributed by atoms with Gasteiger partial charge < -0.3 is 10.1 Å². The molecule has 0 saturated heterocycles. The summed E-state index contributed by atoms with van der Waals surface area (Å²) in [6, 6.07) is 0. The first-order chi connectivity index (χ1) is 8.34. The largest absolute Gasteiger partial charge is 0.488 e. The van der Waals surface area contributed by atoms with Crippen molar-refractivity contribution >= 4 is 5.91 Å². The SMILES string of the molecule is O=C1NCCOc2cnn(Cc3nnn[nH]3)c21. The molecule has 2 N–H and O–H groups in total. The average Bonchev–Trinajstić information content (AvgIpc) is 2.91. The Hall–Kier alpha value is -2.45. The van der Waals surface area contributed by atoms with Gasteiger partial charge in [-0.05, 0) is 10.4 Å². The number of amides is 1. The van der Waals surface area contributed by atoms with E-state index < -0.39 is 0 Å². The molecule has 0 spiro atoms. The molecule has 1 amide bonds. The highest BCUT2D eigenvalue weighted by Gasteiger charge is 2.22. The molecule has 0 saturated carbocycles. The van der Waals surface area contributed by atoms with Crippen LogP contribution in [0.5, 0.6) is 5.75 Å². The van der Waals surface area contributed by atoms with Crippen molar-refractivity contribution in [2.45, 2.75) is 6.54 Å². The molecule has 0 radical (unpaired) electrons. The maximum Gasteiger partial charge on any atom is 0.273 e. The molecule has 2 aromatic rings. The lowest BCUT2D eigenvalue weighted by Gasteiger charge is -2.03. The van der Waals surface area contributed by atoms with Gasteiger partial charge in [0.05, 0.1) is 12.7 Å². The van der Waals surface area contributed by atoms with Gasteiger partial charge in [0.15, 0.2) is 17.3 Å². The van der Waals surface area contributed by atoms with E-state index in [1.54, 1.807) is 0 Å². The Morgan fingerprint density at radius 2 is 2.47 bits per heavy atom. The minimum atomic E-state index is -0.206. The summed E-state index contributed by atoms with van der Waals surface area (Å²) in [7, 11) is 0. The van der Waals surface area contributed by atoms with Crippen LogP contribution in [0.4, 0.5) is 0 Å². The van der Waals surface area contributed by atoms with Crippen molar-refractivity contribution < 1.29 is 9.53 Å². The maximum absolute atomic E-state index is 11.8. The zero-order chi connectivity index (χ0) is 11.7. The van der Waals surface area contributed by atoms with E-state index in [2.05, 4.69) is 31.0 Å². The van der Waals surface area contributed by atoms with Crippen molar-refractivity contribution in [3.63, 3.8) is 0 Å². The van der Waals surface area contributed by atoms with Crippen molar-refractivity contribution in [3.05, 3.63) is 17.7 Å². The van der Waals surface area contributed by atoms with E-state index in [4.69, 9.17) is 4.74 Å². The van der Waals surface area contributed by atoms with Gasteiger partial charge in [-0.25, -0.2) is 9.78 Å². The summed E-state index contributed by atoms with van der Waals surface area (Å²) in [5.41, 5.74) is 0.388. The van der Waals surface area contributed by atoms with Gasteiger partial charge in [-0.3, -0.25) is 4.79 Å². The number of aromatic amines is 1. The summed E-state index contributed by atoms with van der Waals surface area (Å²) in [6.07, 6.45) is 1.52.